The van der Waals surface area contributed by atoms with Gasteiger partial charge in [-0.15, -0.1) is 0 Å². The van der Waals surface area contributed by atoms with Crippen molar-refractivity contribution in [1.82, 2.24) is 9.88 Å². The number of rotatable bonds is 6. The first-order chi connectivity index (χ1) is 15.2. The topological polar surface area (TPSA) is 130 Å². The molecule has 0 bridgehead atoms. The largest absolute Gasteiger partial charge is 0.497 e. The number of carbonyl (C=O) groups is 4. The summed E-state index contributed by atoms with van der Waals surface area (Å²) in [6, 6.07) is 10.6. The van der Waals surface area contributed by atoms with Gasteiger partial charge in [-0.1, -0.05) is 11.6 Å². The molecule has 0 fully saturated rings. The fraction of sp³-hybridized carbons (Fsp3) is 0.182. The maximum absolute atomic E-state index is 13.2. The molecule has 0 spiro atoms. The molecule has 0 unspecified atom stereocenters. The minimum Gasteiger partial charge on any atom is -0.497 e. The van der Waals surface area contributed by atoms with Crippen LogP contribution in [0, 0.1) is 6.92 Å². The highest BCUT2D eigenvalue weighted by molar-refractivity contribution is 6.30. The Bertz CT molecular complexity index is 1220. The Kier molecular flexibility index (Phi) is 6.79. The van der Waals surface area contributed by atoms with E-state index < -0.39 is 24.5 Å². The number of esters is 1. The molecule has 3 amide bonds. The number of primary amides is 1. The molecule has 9 nitrogen and oxygen atoms in total. The van der Waals surface area contributed by atoms with Gasteiger partial charge in [0.15, 0.2) is 6.61 Å². The lowest BCUT2D eigenvalue weighted by Crippen LogP contribution is -2.37. The average Bonchev–Trinajstić information content (AvgIpc) is 3.02. The predicted molar refractivity (Wildman–Crippen MR) is 117 cm³/mol. The molecule has 1 aromatic heterocycles. The van der Waals surface area contributed by atoms with Gasteiger partial charge in [0.2, 0.25) is 0 Å². The van der Waals surface area contributed by atoms with E-state index in [4.69, 9.17) is 26.8 Å². The second-order valence-electron chi connectivity index (χ2n) is 6.84. The van der Waals surface area contributed by atoms with Crippen molar-refractivity contribution < 1.29 is 28.7 Å². The summed E-state index contributed by atoms with van der Waals surface area (Å²) >= 11 is 5.93. The summed E-state index contributed by atoms with van der Waals surface area (Å²) in [6.45, 7) is 1.05. The van der Waals surface area contributed by atoms with Gasteiger partial charge in [0.25, 0.3) is 11.8 Å². The quantitative estimate of drug-likeness (QED) is 0.547. The molecular formula is C22H20ClN3O6. The van der Waals surface area contributed by atoms with Crippen molar-refractivity contribution in [3.05, 3.63) is 64.3 Å². The number of aromatic nitrogens is 1. The number of amides is 3. The molecule has 3 aromatic rings. The molecule has 0 aliphatic heterocycles. The second kappa shape index (κ2) is 9.52. The molecule has 0 aliphatic carbocycles. The van der Waals surface area contributed by atoms with Crippen molar-refractivity contribution in [2.24, 2.45) is 5.73 Å². The number of hydrogen-bond acceptors (Lipinski definition) is 6. The predicted octanol–water partition coefficient (Wildman–Crippen LogP) is 2.58. The Balaban J connectivity index is 1.97. The van der Waals surface area contributed by atoms with Crippen molar-refractivity contribution in [3.63, 3.8) is 0 Å². The first-order valence-electron chi connectivity index (χ1n) is 9.44. The molecule has 3 N–H and O–H groups in total. The number of halogens is 1. The monoisotopic (exact) mass is 457 g/mol. The molecule has 3 rings (SSSR count). The van der Waals surface area contributed by atoms with Crippen molar-refractivity contribution in [2.45, 2.75) is 13.3 Å². The zero-order valence-electron chi connectivity index (χ0n) is 17.3. The van der Waals surface area contributed by atoms with Crippen LogP contribution in [0.4, 0.5) is 4.79 Å². The van der Waals surface area contributed by atoms with Gasteiger partial charge >= 0.3 is 12.0 Å². The minimum absolute atomic E-state index is 0.208. The van der Waals surface area contributed by atoms with Crippen LogP contribution in [0.2, 0.25) is 5.02 Å². The fourth-order valence-corrected chi connectivity index (χ4v) is 3.44. The van der Waals surface area contributed by atoms with Crippen LogP contribution in [0.1, 0.15) is 21.6 Å². The number of benzene rings is 2. The van der Waals surface area contributed by atoms with Gasteiger partial charge in [-0.25, -0.2) is 4.79 Å². The van der Waals surface area contributed by atoms with Gasteiger partial charge in [-0.2, -0.15) is 0 Å². The third-order valence-corrected chi connectivity index (χ3v) is 5.04. The Morgan fingerprint density at radius 1 is 1.09 bits per heavy atom. The average molecular weight is 458 g/mol. The maximum Gasteiger partial charge on any atom is 0.318 e. The van der Waals surface area contributed by atoms with Crippen LogP contribution in [-0.2, 0) is 20.7 Å². The number of nitrogens with zero attached hydrogens (tertiary/aromatic N) is 1. The lowest BCUT2D eigenvalue weighted by atomic mass is 10.1. The minimum atomic E-state index is -1.04. The zero-order valence-corrected chi connectivity index (χ0v) is 18.1. The Morgan fingerprint density at radius 2 is 1.78 bits per heavy atom. The van der Waals surface area contributed by atoms with Crippen molar-refractivity contribution in [3.8, 4) is 5.75 Å². The van der Waals surface area contributed by atoms with Crippen molar-refractivity contribution >= 4 is 46.3 Å². The summed E-state index contributed by atoms with van der Waals surface area (Å²) in [5, 5.41) is 2.94. The van der Waals surface area contributed by atoms with E-state index in [2.05, 4.69) is 0 Å². The summed E-state index contributed by atoms with van der Waals surface area (Å²) in [5.74, 6) is -1.31. The summed E-state index contributed by atoms with van der Waals surface area (Å²) in [5.41, 5.74) is 6.93. The van der Waals surface area contributed by atoms with E-state index in [-0.39, 0.29) is 12.3 Å². The summed E-state index contributed by atoms with van der Waals surface area (Å²) in [7, 11) is 1.51. The van der Waals surface area contributed by atoms with Gasteiger partial charge in [0.05, 0.1) is 19.0 Å². The fourth-order valence-electron chi connectivity index (χ4n) is 3.31. The number of nitrogens with two attached hydrogens (primary N) is 1. The molecule has 2 aromatic carbocycles. The summed E-state index contributed by atoms with van der Waals surface area (Å²) in [4.78, 5) is 47.8. The molecule has 32 heavy (non-hydrogen) atoms. The molecule has 0 radical (unpaired) electrons. The lowest BCUT2D eigenvalue weighted by molar-refractivity contribution is -0.147. The van der Waals surface area contributed by atoms with Crippen LogP contribution in [-0.4, -0.2) is 42.1 Å². The third-order valence-electron chi connectivity index (χ3n) is 4.78. The summed E-state index contributed by atoms with van der Waals surface area (Å²) in [6.07, 6.45) is -0.208. The highest BCUT2D eigenvalue weighted by atomic mass is 35.5. The van der Waals surface area contributed by atoms with Crippen LogP contribution in [0.5, 0.6) is 5.75 Å². The van der Waals surface area contributed by atoms with Gasteiger partial charge in [0.1, 0.15) is 5.75 Å². The van der Waals surface area contributed by atoms with Gasteiger partial charge in [-0.3, -0.25) is 24.3 Å². The maximum atomic E-state index is 13.2. The molecule has 0 aliphatic rings. The standard InChI is InChI=1S/C22H20ClN3O6/c1-12-16(10-20(28)32-11-19(27)25-22(24)30)17-9-15(31-2)7-8-18(17)26(12)21(29)13-3-5-14(23)6-4-13/h3-9H,10-11H2,1-2H3,(H3,24,25,27,30). The number of fused-ring (bicyclic) bond motifs is 1. The Hall–Kier alpha value is -3.85. The highest BCUT2D eigenvalue weighted by Crippen LogP contribution is 2.31. The SMILES string of the molecule is COc1ccc2c(c1)c(CC(=O)OCC(=O)NC(N)=O)c(C)n2C(=O)c1ccc(Cl)cc1. The second-order valence-corrected chi connectivity index (χ2v) is 7.28. The number of imide groups is 1. The van der Waals surface area contributed by atoms with Crippen molar-refractivity contribution in [2.75, 3.05) is 13.7 Å². The van der Waals surface area contributed by atoms with E-state index in [9.17, 15) is 19.2 Å². The van der Waals surface area contributed by atoms with Crippen LogP contribution in [0.25, 0.3) is 10.9 Å². The van der Waals surface area contributed by atoms with E-state index in [0.717, 1.165) is 0 Å². The van der Waals surface area contributed by atoms with E-state index in [1.54, 1.807) is 49.4 Å². The van der Waals surface area contributed by atoms with Crippen LogP contribution in [0.15, 0.2) is 42.5 Å². The van der Waals surface area contributed by atoms with Crippen molar-refractivity contribution in [1.29, 1.82) is 0 Å². The first kappa shape index (κ1) is 22.8. The molecule has 10 heteroatoms. The highest BCUT2D eigenvalue weighted by Gasteiger charge is 2.23. The molecule has 166 valence electrons. The Labute approximate surface area is 188 Å². The van der Waals surface area contributed by atoms with E-state index in [1.807, 2.05) is 5.32 Å². The first-order valence-corrected chi connectivity index (χ1v) is 9.82. The van der Waals surface area contributed by atoms with E-state index in [0.29, 0.717) is 38.5 Å². The van der Waals surface area contributed by atoms with Crippen LogP contribution >= 0.6 is 11.6 Å². The number of ether oxygens (including phenoxy) is 2. The van der Waals surface area contributed by atoms with E-state index in [1.165, 1.54) is 11.7 Å². The summed E-state index contributed by atoms with van der Waals surface area (Å²) < 4.78 is 11.7. The number of methoxy groups -OCH3 is 1. The number of urea groups is 1. The third kappa shape index (κ3) is 4.89. The van der Waals surface area contributed by atoms with Gasteiger partial charge < -0.3 is 15.2 Å². The van der Waals surface area contributed by atoms with Gasteiger partial charge in [-0.05, 0) is 55.0 Å². The molecule has 1 heterocycles. The van der Waals surface area contributed by atoms with Gasteiger partial charge in [0, 0.05) is 21.7 Å². The smallest absolute Gasteiger partial charge is 0.318 e. The zero-order chi connectivity index (χ0) is 23.4. The number of hydrogen-bond donors (Lipinski definition) is 2. The molecule has 0 atom stereocenters. The van der Waals surface area contributed by atoms with Crippen LogP contribution in [0.3, 0.4) is 0 Å². The molecular weight excluding hydrogens is 438 g/mol. The number of nitrogens with one attached hydrogen (secondary N) is 1. The molecule has 0 saturated heterocycles. The van der Waals surface area contributed by atoms with E-state index >= 15 is 0 Å². The normalized spacial score (nSPS) is 10.6. The van der Waals surface area contributed by atoms with Crippen LogP contribution < -0.4 is 15.8 Å². The number of carbonyl (C=O) groups excluding carboxylic acids is 4. The Morgan fingerprint density at radius 3 is 2.41 bits per heavy atom. The molecule has 0 saturated carbocycles. The lowest BCUT2D eigenvalue weighted by Gasteiger charge is -2.08.